The molecule has 0 aliphatic carbocycles. The van der Waals surface area contributed by atoms with Gasteiger partial charge in [-0.2, -0.15) is 0 Å². The van der Waals surface area contributed by atoms with Crippen LogP contribution in [0.4, 0.5) is 0 Å². The van der Waals surface area contributed by atoms with Gasteiger partial charge >= 0.3 is 0 Å². The lowest BCUT2D eigenvalue weighted by Gasteiger charge is -2.11. The van der Waals surface area contributed by atoms with Gasteiger partial charge in [0.05, 0.1) is 17.8 Å². The van der Waals surface area contributed by atoms with Crippen molar-refractivity contribution in [2.75, 3.05) is 27.2 Å². The summed E-state index contributed by atoms with van der Waals surface area (Å²) in [7, 11) is 3.49. The van der Waals surface area contributed by atoms with Gasteiger partial charge < -0.3 is 15.4 Å². The van der Waals surface area contributed by atoms with Crippen LogP contribution in [0.2, 0.25) is 0 Å². The standard InChI is InChI=1S/C18H26N4OS.HI/c1-14-22-16(13-24-14)10-12-21-18(19-2)20-11-4-5-15-6-8-17(23-3)9-7-15;/h6-9,13H,4-5,10-12H2,1-3H3,(H2,19,20,21);1H. The summed E-state index contributed by atoms with van der Waals surface area (Å²) in [5.74, 6) is 1.74. The van der Waals surface area contributed by atoms with E-state index in [1.54, 1.807) is 25.5 Å². The van der Waals surface area contributed by atoms with E-state index in [4.69, 9.17) is 4.74 Å². The summed E-state index contributed by atoms with van der Waals surface area (Å²) in [5.41, 5.74) is 2.46. The number of aliphatic imine (C=N–C) groups is 1. The van der Waals surface area contributed by atoms with Crippen molar-refractivity contribution in [3.63, 3.8) is 0 Å². The van der Waals surface area contributed by atoms with Crippen LogP contribution in [0.3, 0.4) is 0 Å². The van der Waals surface area contributed by atoms with E-state index in [1.807, 2.05) is 19.1 Å². The van der Waals surface area contributed by atoms with Crippen molar-refractivity contribution in [1.82, 2.24) is 15.6 Å². The van der Waals surface area contributed by atoms with Crippen LogP contribution in [0.25, 0.3) is 0 Å². The van der Waals surface area contributed by atoms with Gasteiger partial charge in [-0.3, -0.25) is 4.99 Å². The predicted octanol–water partition coefficient (Wildman–Crippen LogP) is 3.42. The number of nitrogens with zero attached hydrogens (tertiary/aromatic N) is 2. The fraction of sp³-hybridized carbons (Fsp3) is 0.444. The molecule has 1 aromatic heterocycles. The molecule has 0 saturated heterocycles. The van der Waals surface area contributed by atoms with E-state index in [2.05, 4.69) is 38.1 Å². The van der Waals surface area contributed by atoms with Crippen LogP contribution in [-0.2, 0) is 12.8 Å². The molecule has 0 bridgehead atoms. The van der Waals surface area contributed by atoms with Gasteiger partial charge in [0.25, 0.3) is 0 Å². The number of hydrogen-bond donors (Lipinski definition) is 2. The van der Waals surface area contributed by atoms with E-state index in [0.717, 1.165) is 54.8 Å². The number of nitrogens with one attached hydrogen (secondary N) is 2. The Morgan fingerprint density at radius 2 is 1.88 bits per heavy atom. The Morgan fingerprint density at radius 1 is 1.16 bits per heavy atom. The van der Waals surface area contributed by atoms with E-state index < -0.39 is 0 Å². The zero-order chi connectivity index (χ0) is 17.2. The number of rotatable bonds is 8. The molecular weight excluding hydrogens is 447 g/mol. The molecule has 0 atom stereocenters. The van der Waals surface area contributed by atoms with Crippen molar-refractivity contribution in [3.8, 4) is 5.75 Å². The van der Waals surface area contributed by atoms with Gasteiger partial charge in [-0.05, 0) is 37.5 Å². The zero-order valence-electron chi connectivity index (χ0n) is 15.0. The maximum atomic E-state index is 5.17. The van der Waals surface area contributed by atoms with Gasteiger partial charge in [0, 0.05) is 31.9 Å². The van der Waals surface area contributed by atoms with E-state index in [0.29, 0.717) is 0 Å². The molecule has 0 amide bonds. The molecule has 25 heavy (non-hydrogen) atoms. The maximum Gasteiger partial charge on any atom is 0.190 e. The molecular formula is C18H27IN4OS. The molecule has 138 valence electrons. The highest BCUT2D eigenvalue weighted by molar-refractivity contribution is 14.0. The lowest BCUT2D eigenvalue weighted by Crippen LogP contribution is -2.38. The highest BCUT2D eigenvalue weighted by Crippen LogP contribution is 2.12. The molecule has 0 spiro atoms. The summed E-state index contributed by atoms with van der Waals surface area (Å²) in [4.78, 5) is 8.72. The molecule has 0 radical (unpaired) electrons. The fourth-order valence-electron chi connectivity index (χ4n) is 2.34. The number of hydrogen-bond acceptors (Lipinski definition) is 4. The first kappa shape index (κ1) is 21.7. The third-order valence-electron chi connectivity index (χ3n) is 3.66. The quantitative estimate of drug-likeness (QED) is 0.267. The number of benzene rings is 1. The van der Waals surface area contributed by atoms with Crippen molar-refractivity contribution >= 4 is 41.3 Å². The number of halogens is 1. The summed E-state index contributed by atoms with van der Waals surface area (Å²) in [6.07, 6.45) is 3.00. The first-order chi connectivity index (χ1) is 11.7. The molecule has 0 aliphatic heterocycles. The lowest BCUT2D eigenvalue weighted by molar-refractivity contribution is 0.414. The van der Waals surface area contributed by atoms with E-state index in [1.165, 1.54) is 5.56 Å². The van der Waals surface area contributed by atoms with Crippen LogP contribution in [-0.4, -0.2) is 38.2 Å². The summed E-state index contributed by atoms with van der Waals surface area (Å²) in [5, 5.41) is 9.91. The summed E-state index contributed by atoms with van der Waals surface area (Å²) < 4.78 is 5.17. The molecule has 0 fully saturated rings. The molecule has 2 N–H and O–H groups in total. The third kappa shape index (κ3) is 8.04. The van der Waals surface area contributed by atoms with E-state index in [9.17, 15) is 0 Å². The van der Waals surface area contributed by atoms with Crippen LogP contribution in [0.1, 0.15) is 22.7 Å². The summed E-state index contributed by atoms with van der Waals surface area (Å²) in [6.45, 7) is 3.76. The van der Waals surface area contributed by atoms with Crippen LogP contribution in [0, 0.1) is 6.92 Å². The van der Waals surface area contributed by atoms with Crippen molar-refractivity contribution < 1.29 is 4.74 Å². The lowest BCUT2D eigenvalue weighted by atomic mass is 10.1. The number of methoxy groups -OCH3 is 1. The number of ether oxygens (including phenoxy) is 1. The number of guanidine groups is 1. The summed E-state index contributed by atoms with van der Waals surface area (Å²) in [6, 6.07) is 8.23. The molecule has 7 heteroatoms. The molecule has 2 rings (SSSR count). The highest BCUT2D eigenvalue weighted by atomic mass is 127. The number of aryl methyl sites for hydroxylation is 2. The number of aromatic nitrogens is 1. The van der Waals surface area contributed by atoms with Gasteiger partial charge in [-0.15, -0.1) is 35.3 Å². The van der Waals surface area contributed by atoms with Crippen LogP contribution in [0.5, 0.6) is 5.75 Å². The Balaban J connectivity index is 0.00000312. The van der Waals surface area contributed by atoms with Gasteiger partial charge in [-0.1, -0.05) is 12.1 Å². The molecule has 0 unspecified atom stereocenters. The molecule has 0 aliphatic rings. The molecule has 1 heterocycles. The first-order valence-electron chi connectivity index (χ1n) is 8.19. The first-order valence-corrected chi connectivity index (χ1v) is 9.07. The van der Waals surface area contributed by atoms with Gasteiger partial charge in [-0.25, -0.2) is 4.98 Å². The van der Waals surface area contributed by atoms with Crippen LogP contribution >= 0.6 is 35.3 Å². The average molecular weight is 474 g/mol. The fourth-order valence-corrected chi connectivity index (χ4v) is 2.99. The minimum Gasteiger partial charge on any atom is -0.497 e. The minimum absolute atomic E-state index is 0. The maximum absolute atomic E-state index is 5.17. The van der Waals surface area contributed by atoms with Crippen molar-refractivity contribution in [1.29, 1.82) is 0 Å². The second-order valence-electron chi connectivity index (χ2n) is 5.49. The Hall–Kier alpha value is -1.35. The number of thiazole rings is 1. The predicted molar refractivity (Wildman–Crippen MR) is 117 cm³/mol. The smallest absolute Gasteiger partial charge is 0.190 e. The van der Waals surface area contributed by atoms with Crippen molar-refractivity contribution in [3.05, 3.63) is 45.9 Å². The molecule has 5 nitrogen and oxygen atoms in total. The van der Waals surface area contributed by atoms with E-state index in [-0.39, 0.29) is 24.0 Å². The van der Waals surface area contributed by atoms with Crippen LogP contribution < -0.4 is 15.4 Å². The molecule has 1 aromatic carbocycles. The largest absolute Gasteiger partial charge is 0.497 e. The average Bonchev–Trinajstić information content (AvgIpc) is 3.02. The topological polar surface area (TPSA) is 58.5 Å². The highest BCUT2D eigenvalue weighted by Gasteiger charge is 2.01. The van der Waals surface area contributed by atoms with Gasteiger partial charge in [0.15, 0.2) is 5.96 Å². The van der Waals surface area contributed by atoms with Gasteiger partial charge in [0.2, 0.25) is 0 Å². The molecule has 2 aromatic rings. The monoisotopic (exact) mass is 474 g/mol. The Kier molecular flexibility index (Phi) is 10.5. The van der Waals surface area contributed by atoms with E-state index >= 15 is 0 Å². The van der Waals surface area contributed by atoms with Gasteiger partial charge in [0.1, 0.15) is 5.75 Å². The van der Waals surface area contributed by atoms with Crippen molar-refractivity contribution in [2.24, 2.45) is 4.99 Å². The Bertz CT molecular complexity index is 643. The molecule has 0 saturated carbocycles. The normalized spacial score (nSPS) is 10.9. The van der Waals surface area contributed by atoms with Crippen molar-refractivity contribution in [2.45, 2.75) is 26.2 Å². The third-order valence-corrected chi connectivity index (χ3v) is 4.48. The SMILES string of the molecule is CN=C(NCCCc1ccc(OC)cc1)NCCc1csc(C)n1.I. The Labute approximate surface area is 171 Å². The zero-order valence-corrected chi connectivity index (χ0v) is 18.2. The second kappa shape index (κ2) is 12.1. The Morgan fingerprint density at radius 3 is 2.48 bits per heavy atom. The van der Waals surface area contributed by atoms with Crippen LogP contribution in [0.15, 0.2) is 34.6 Å². The summed E-state index contributed by atoms with van der Waals surface area (Å²) >= 11 is 1.69. The minimum atomic E-state index is 0. The second-order valence-corrected chi connectivity index (χ2v) is 6.55.